The van der Waals surface area contributed by atoms with Gasteiger partial charge in [-0.05, 0) is 55.9 Å². The third-order valence-electron chi connectivity index (χ3n) is 5.18. The van der Waals surface area contributed by atoms with E-state index in [4.69, 9.17) is 5.73 Å². The van der Waals surface area contributed by atoms with Crippen molar-refractivity contribution in [2.75, 3.05) is 5.73 Å². The predicted octanol–water partition coefficient (Wildman–Crippen LogP) is 3.31. The normalized spacial score (nSPS) is 16.3. The molecule has 0 bridgehead atoms. The molecule has 5 heteroatoms. The Morgan fingerprint density at radius 2 is 2.17 bits per heavy atom. The van der Waals surface area contributed by atoms with Crippen LogP contribution in [-0.2, 0) is 18.4 Å². The van der Waals surface area contributed by atoms with E-state index in [1.54, 1.807) is 0 Å². The number of H-pyrrole nitrogens is 1. The number of nitrogens with two attached hydrogens (primary N) is 1. The van der Waals surface area contributed by atoms with Gasteiger partial charge in [-0.15, -0.1) is 0 Å². The van der Waals surface area contributed by atoms with Crippen molar-refractivity contribution in [3.63, 3.8) is 0 Å². The number of hydrogen-bond donors (Lipinski definition) is 3. The molecule has 24 heavy (non-hydrogen) atoms. The Kier molecular flexibility index (Phi) is 3.35. The first-order valence-electron chi connectivity index (χ1n) is 8.49. The fourth-order valence-electron chi connectivity index (χ4n) is 3.52. The van der Waals surface area contributed by atoms with E-state index in [2.05, 4.69) is 21.0 Å². The molecule has 1 atom stereocenters. The lowest BCUT2D eigenvalue weighted by atomic mass is 9.91. The highest BCUT2D eigenvalue weighted by atomic mass is 16.3. The summed E-state index contributed by atoms with van der Waals surface area (Å²) in [6, 6.07) is 6.13. The van der Waals surface area contributed by atoms with Crippen molar-refractivity contribution >= 4 is 16.9 Å². The fourth-order valence-corrected chi connectivity index (χ4v) is 3.52. The molecule has 2 heterocycles. The number of aryl methyl sites for hydroxylation is 2. The Hall–Kier alpha value is -2.40. The van der Waals surface area contributed by atoms with E-state index < -0.39 is 5.60 Å². The van der Waals surface area contributed by atoms with Crippen molar-refractivity contribution in [1.29, 1.82) is 0 Å². The third kappa shape index (κ3) is 2.27. The minimum absolute atomic E-state index is 0.299. The summed E-state index contributed by atoms with van der Waals surface area (Å²) in [5, 5.41) is 11.7. The summed E-state index contributed by atoms with van der Waals surface area (Å²) in [5.74, 6) is 0.299. The zero-order valence-corrected chi connectivity index (χ0v) is 14.1. The minimum Gasteiger partial charge on any atom is -0.385 e. The number of benzene rings is 1. The summed E-state index contributed by atoms with van der Waals surface area (Å²) in [6.45, 7) is 3.85. The van der Waals surface area contributed by atoms with Crippen LogP contribution in [0.15, 0.2) is 24.4 Å². The van der Waals surface area contributed by atoms with Gasteiger partial charge in [-0.2, -0.15) is 0 Å². The number of nitrogens with zero attached hydrogens (tertiary/aromatic N) is 2. The van der Waals surface area contributed by atoms with Gasteiger partial charge in [0.2, 0.25) is 5.95 Å². The smallest absolute Gasteiger partial charge is 0.220 e. The molecule has 2 aromatic heterocycles. The zero-order chi connectivity index (χ0) is 16.9. The third-order valence-corrected chi connectivity index (χ3v) is 5.18. The van der Waals surface area contributed by atoms with Crippen LogP contribution in [0.3, 0.4) is 0 Å². The Labute approximate surface area is 141 Å². The lowest BCUT2D eigenvalue weighted by Gasteiger charge is -2.22. The summed E-state index contributed by atoms with van der Waals surface area (Å²) in [6.07, 6.45) is 5.49. The van der Waals surface area contributed by atoms with E-state index in [9.17, 15) is 5.11 Å². The van der Waals surface area contributed by atoms with E-state index in [0.29, 0.717) is 12.4 Å². The van der Waals surface area contributed by atoms with Crippen LogP contribution in [0.5, 0.6) is 0 Å². The standard InChI is InChI=1S/C19H22N4O/c1-3-19(2,24)12-7-8-14-13(9-12)16-15(22-14)6-4-5-11-10-21-18(20)23-17(11)16/h7-10,22,24H,3-6H2,1-2H3,(H2,20,21,23). The van der Waals surface area contributed by atoms with Gasteiger partial charge in [0, 0.05) is 28.4 Å². The van der Waals surface area contributed by atoms with Crippen LogP contribution >= 0.6 is 0 Å². The molecule has 1 aliphatic rings. The molecule has 0 fully saturated rings. The second-order valence-corrected chi connectivity index (χ2v) is 6.82. The number of aromatic nitrogens is 3. The second kappa shape index (κ2) is 5.31. The van der Waals surface area contributed by atoms with Gasteiger partial charge >= 0.3 is 0 Å². The molecular weight excluding hydrogens is 300 g/mol. The number of aliphatic hydroxyl groups is 1. The van der Waals surface area contributed by atoms with Gasteiger partial charge in [0.05, 0.1) is 11.3 Å². The number of hydrogen-bond acceptors (Lipinski definition) is 4. The van der Waals surface area contributed by atoms with Crippen LogP contribution in [0.2, 0.25) is 0 Å². The molecule has 4 N–H and O–H groups in total. The molecule has 0 radical (unpaired) electrons. The molecule has 0 spiro atoms. The maximum Gasteiger partial charge on any atom is 0.220 e. The van der Waals surface area contributed by atoms with Gasteiger partial charge in [0.15, 0.2) is 0 Å². The summed E-state index contributed by atoms with van der Waals surface area (Å²) < 4.78 is 0. The van der Waals surface area contributed by atoms with E-state index in [1.807, 2.05) is 32.2 Å². The molecule has 5 nitrogen and oxygen atoms in total. The molecular formula is C19H22N4O. The first kappa shape index (κ1) is 15.1. The molecule has 0 saturated heterocycles. The molecule has 1 aliphatic carbocycles. The van der Waals surface area contributed by atoms with E-state index in [1.165, 1.54) is 5.69 Å². The Balaban J connectivity index is 2.02. The molecule has 0 saturated carbocycles. The first-order valence-corrected chi connectivity index (χ1v) is 8.49. The number of fused-ring (bicyclic) bond motifs is 5. The predicted molar refractivity (Wildman–Crippen MR) is 95.6 cm³/mol. The van der Waals surface area contributed by atoms with E-state index >= 15 is 0 Å². The number of rotatable bonds is 2. The number of aromatic amines is 1. The molecule has 4 rings (SSSR count). The summed E-state index contributed by atoms with van der Waals surface area (Å²) in [7, 11) is 0. The van der Waals surface area contributed by atoms with Crippen molar-refractivity contribution in [2.24, 2.45) is 0 Å². The molecule has 124 valence electrons. The van der Waals surface area contributed by atoms with Crippen molar-refractivity contribution in [1.82, 2.24) is 15.0 Å². The Morgan fingerprint density at radius 3 is 2.96 bits per heavy atom. The van der Waals surface area contributed by atoms with Gasteiger partial charge in [0.25, 0.3) is 0 Å². The van der Waals surface area contributed by atoms with Gasteiger partial charge in [-0.25, -0.2) is 9.97 Å². The molecule has 1 unspecified atom stereocenters. The van der Waals surface area contributed by atoms with Crippen LogP contribution in [-0.4, -0.2) is 20.1 Å². The van der Waals surface area contributed by atoms with Crippen molar-refractivity contribution in [3.05, 3.63) is 41.2 Å². The maximum atomic E-state index is 10.6. The molecule has 3 aromatic rings. The molecule has 0 amide bonds. The number of nitrogens with one attached hydrogen (secondary N) is 1. The van der Waals surface area contributed by atoms with Gasteiger partial charge in [-0.1, -0.05) is 13.0 Å². The minimum atomic E-state index is -0.837. The quantitative estimate of drug-likeness (QED) is 0.675. The van der Waals surface area contributed by atoms with E-state index in [-0.39, 0.29) is 0 Å². The SMILES string of the molecule is CCC(C)(O)c1ccc2[nH]c3c(c2c1)-c1nc(N)ncc1CCC3. The van der Waals surface area contributed by atoms with Crippen LogP contribution in [0.25, 0.3) is 22.2 Å². The van der Waals surface area contributed by atoms with Crippen LogP contribution in [0.4, 0.5) is 5.95 Å². The fraction of sp³-hybridized carbons (Fsp3) is 0.368. The molecule has 1 aromatic carbocycles. The average molecular weight is 322 g/mol. The Bertz CT molecular complexity index is 927. The van der Waals surface area contributed by atoms with Crippen LogP contribution in [0, 0.1) is 0 Å². The first-order chi connectivity index (χ1) is 11.5. The largest absolute Gasteiger partial charge is 0.385 e. The number of anilines is 1. The van der Waals surface area contributed by atoms with Crippen LogP contribution < -0.4 is 5.73 Å². The average Bonchev–Trinajstić information content (AvgIpc) is 2.83. The van der Waals surface area contributed by atoms with Crippen molar-refractivity contribution < 1.29 is 5.11 Å². The second-order valence-electron chi connectivity index (χ2n) is 6.82. The van der Waals surface area contributed by atoms with Crippen molar-refractivity contribution in [3.8, 4) is 11.3 Å². The monoisotopic (exact) mass is 322 g/mol. The highest BCUT2D eigenvalue weighted by Crippen LogP contribution is 2.38. The highest BCUT2D eigenvalue weighted by molar-refractivity contribution is 5.98. The van der Waals surface area contributed by atoms with E-state index in [0.717, 1.165) is 52.5 Å². The summed E-state index contributed by atoms with van der Waals surface area (Å²) in [5.41, 5.74) is 11.4. The highest BCUT2D eigenvalue weighted by Gasteiger charge is 2.25. The lowest BCUT2D eigenvalue weighted by Crippen LogP contribution is -2.19. The molecule has 0 aliphatic heterocycles. The van der Waals surface area contributed by atoms with Crippen molar-refractivity contribution in [2.45, 2.75) is 45.1 Å². The maximum absolute atomic E-state index is 10.6. The van der Waals surface area contributed by atoms with Gasteiger partial charge < -0.3 is 15.8 Å². The Morgan fingerprint density at radius 1 is 1.33 bits per heavy atom. The topological polar surface area (TPSA) is 87.8 Å². The summed E-state index contributed by atoms with van der Waals surface area (Å²) >= 11 is 0. The van der Waals surface area contributed by atoms with Gasteiger partial charge in [0.1, 0.15) is 0 Å². The lowest BCUT2D eigenvalue weighted by molar-refractivity contribution is 0.0532. The van der Waals surface area contributed by atoms with Crippen LogP contribution in [0.1, 0.15) is 43.5 Å². The number of nitrogen functional groups attached to an aromatic ring is 1. The summed E-state index contributed by atoms with van der Waals surface area (Å²) in [4.78, 5) is 12.2. The van der Waals surface area contributed by atoms with Gasteiger partial charge in [-0.3, -0.25) is 0 Å². The zero-order valence-electron chi connectivity index (χ0n) is 14.1.